The van der Waals surface area contributed by atoms with E-state index in [1.807, 2.05) is 24.3 Å². The van der Waals surface area contributed by atoms with E-state index in [2.05, 4.69) is 15.8 Å². The zero-order valence-electron chi connectivity index (χ0n) is 10.3. The number of amides is 2. The van der Waals surface area contributed by atoms with Gasteiger partial charge in [0.15, 0.2) is 0 Å². The topological polar surface area (TPSA) is 74.0 Å². The van der Waals surface area contributed by atoms with Crippen molar-refractivity contribution in [3.05, 3.63) is 58.4 Å². The average Bonchev–Trinajstić information content (AvgIpc) is 3.12. The van der Waals surface area contributed by atoms with Gasteiger partial charge in [-0.1, -0.05) is 24.3 Å². The maximum atomic E-state index is 11.9. The molecule has 2 aromatic heterocycles. The fraction of sp³-hybridized carbons (Fsp3) is 0. The van der Waals surface area contributed by atoms with Crippen molar-refractivity contribution in [2.24, 2.45) is 0 Å². The highest BCUT2D eigenvalue weighted by Crippen LogP contribution is 2.14. The summed E-state index contributed by atoms with van der Waals surface area (Å²) in [6, 6.07) is 12.8. The highest BCUT2D eigenvalue weighted by molar-refractivity contribution is 7.12. The first-order chi connectivity index (χ1) is 9.74. The standard InChI is InChI=1S/C14H11N3O2S/c18-13(16-17-14(19)12-6-3-7-20-12)11-8-9-4-1-2-5-10(9)15-11/h1-8,15H,(H,16,18)(H,17,19). The van der Waals surface area contributed by atoms with Crippen LogP contribution in [0.4, 0.5) is 0 Å². The molecule has 0 radical (unpaired) electrons. The summed E-state index contributed by atoms with van der Waals surface area (Å²) in [5.41, 5.74) is 6.04. The summed E-state index contributed by atoms with van der Waals surface area (Å²) in [7, 11) is 0. The van der Waals surface area contributed by atoms with Gasteiger partial charge in [-0.3, -0.25) is 20.4 Å². The average molecular weight is 285 g/mol. The zero-order chi connectivity index (χ0) is 13.9. The van der Waals surface area contributed by atoms with Gasteiger partial charge in [0.25, 0.3) is 11.8 Å². The third-order valence-corrected chi connectivity index (χ3v) is 3.68. The van der Waals surface area contributed by atoms with Crippen LogP contribution in [0.1, 0.15) is 20.2 Å². The van der Waals surface area contributed by atoms with E-state index in [-0.39, 0.29) is 11.8 Å². The van der Waals surface area contributed by atoms with E-state index in [1.165, 1.54) is 11.3 Å². The molecule has 0 fully saturated rings. The van der Waals surface area contributed by atoms with Crippen molar-refractivity contribution in [2.45, 2.75) is 0 Å². The first-order valence-electron chi connectivity index (χ1n) is 5.96. The third-order valence-electron chi connectivity index (χ3n) is 2.81. The molecule has 100 valence electrons. The van der Waals surface area contributed by atoms with Crippen LogP contribution in [-0.2, 0) is 0 Å². The van der Waals surface area contributed by atoms with Crippen molar-refractivity contribution >= 4 is 34.1 Å². The fourth-order valence-electron chi connectivity index (χ4n) is 1.85. The van der Waals surface area contributed by atoms with Crippen LogP contribution in [0.3, 0.4) is 0 Å². The van der Waals surface area contributed by atoms with Crippen molar-refractivity contribution < 1.29 is 9.59 Å². The van der Waals surface area contributed by atoms with Gasteiger partial charge in [-0.15, -0.1) is 11.3 Å². The predicted octanol–water partition coefficient (Wildman–Crippen LogP) is 2.30. The Labute approximate surface area is 118 Å². The second-order valence-electron chi connectivity index (χ2n) is 4.16. The number of para-hydroxylation sites is 1. The monoisotopic (exact) mass is 285 g/mol. The van der Waals surface area contributed by atoms with E-state index in [9.17, 15) is 9.59 Å². The summed E-state index contributed by atoms with van der Waals surface area (Å²) < 4.78 is 0. The lowest BCUT2D eigenvalue weighted by atomic mass is 10.2. The molecule has 0 aliphatic heterocycles. The number of H-pyrrole nitrogens is 1. The minimum Gasteiger partial charge on any atom is -0.350 e. The Kier molecular flexibility index (Phi) is 3.22. The van der Waals surface area contributed by atoms with Gasteiger partial charge in [-0.2, -0.15) is 0 Å². The van der Waals surface area contributed by atoms with Gasteiger partial charge in [-0.25, -0.2) is 0 Å². The van der Waals surface area contributed by atoms with E-state index in [1.54, 1.807) is 23.6 Å². The lowest BCUT2D eigenvalue weighted by Crippen LogP contribution is -2.41. The van der Waals surface area contributed by atoms with E-state index in [0.717, 1.165) is 10.9 Å². The minimum atomic E-state index is -0.383. The molecule has 2 amide bonds. The Balaban J connectivity index is 1.68. The summed E-state index contributed by atoms with van der Waals surface area (Å²) in [5.74, 6) is -0.712. The van der Waals surface area contributed by atoms with Gasteiger partial charge in [0.05, 0.1) is 4.88 Å². The number of fused-ring (bicyclic) bond motifs is 1. The first kappa shape index (κ1) is 12.4. The number of aromatic amines is 1. The highest BCUT2D eigenvalue weighted by atomic mass is 32.1. The van der Waals surface area contributed by atoms with Crippen molar-refractivity contribution in [3.8, 4) is 0 Å². The number of hydrogen-bond acceptors (Lipinski definition) is 3. The van der Waals surface area contributed by atoms with Crippen molar-refractivity contribution in [2.75, 3.05) is 0 Å². The number of rotatable bonds is 2. The second kappa shape index (κ2) is 5.18. The van der Waals surface area contributed by atoms with Crippen LogP contribution in [0.15, 0.2) is 47.8 Å². The smallest absolute Gasteiger partial charge is 0.286 e. The molecule has 6 heteroatoms. The predicted molar refractivity (Wildman–Crippen MR) is 77.6 cm³/mol. The zero-order valence-corrected chi connectivity index (χ0v) is 11.2. The summed E-state index contributed by atoms with van der Waals surface area (Å²) in [6.45, 7) is 0. The highest BCUT2D eigenvalue weighted by Gasteiger charge is 2.11. The van der Waals surface area contributed by atoms with Crippen LogP contribution in [-0.4, -0.2) is 16.8 Å². The summed E-state index contributed by atoms with van der Waals surface area (Å²) in [4.78, 5) is 27.2. The van der Waals surface area contributed by atoms with E-state index in [0.29, 0.717) is 10.6 Å². The Hall–Kier alpha value is -2.60. The number of thiophene rings is 1. The molecule has 0 bridgehead atoms. The van der Waals surface area contributed by atoms with Crippen LogP contribution in [0, 0.1) is 0 Å². The molecule has 0 unspecified atom stereocenters. The van der Waals surface area contributed by atoms with Gasteiger partial charge in [-0.05, 0) is 23.6 Å². The maximum Gasteiger partial charge on any atom is 0.286 e. The lowest BCUT2D eigenvalue weighted by molar-refractivity contribution is 0.0846. The minimum absolute atomic E-state index is 0.329. The molecule has 0 spiro atoms. The van der Waals surface area contributed by atoms with Gasteiger partial charge < -0.3 is 4.98 Å². The number of carbonyl (C=O) groups excluding carboxylic acids is 2. The molecule has 20 heavy (non-hydrogen) atoms. The molecule has 3 aromatic rings. The molecule has 0 aliphatic rings. The van der Waals surface area contributed by atoms with E-state index >= 15 is 0 Å². The van der Waals surface area contributed by atoms with E-state index in [4.69, 9.17) is 0 Å². The second-order valence-corrected chi connectivity index (χ2v) is 5.10. The van der Waals surface area contributed by atoms with E-state index < -0.39 is 0 Å². The third kappa shape index (κ3) is 2.41. The first-order valence-corrected chi connectivity index (χ1v) is 6.84. The molecule has 0 saturated heterocycles. The molecule has 3 N–H and O–H groups in total. The number of benzene rings is 1. The molecule has 0 atom stereocenters. The molecule has 2 heterocycles. The molecule has 5 nitrogen and oxygen atoms in total. The molecule has 1 aromatic carbocycles. The number of nitrogens with one attached hydrogen (secondary N) is 3. The van der Waals surface area contributed by atoms with Crippen molar-refractivity contribution in [1.82, 2.24) is 15.8 Å². The SMILES string of the molecule is O=C(NNC(=O)c1cccs1)c1cc2ccccc2[nH]1. The number of aromatic nitrogens is 1. The summed E-state index contributed by atoms with van der Waals surface area (Å²) >= 11 is 1.31. The molecular formula is C14H11N3O2S. The van der Waals surface area contributed by atoms with Crippen LogP contribution < -0.4 is 10.9 Å². The van der Waals surface area contributed by atoms with Gasteiger partial charge in [0.2, 0.25) is 0 Å². The molecule has 0 aliphatic carbocycles. The van der Waals surface area contributed by atoms with Crippen molar-refractivity contribution in [1.29, 1.82) is 0 Å². The summed E-state index contributed by atoms with van der Waals surface area (Å²) in [5, 5.41) is 2.75. The molecule has 0 saturated carbocycles. The van der Waals surface area contributed by atoms with Gasteiger partial charge in [0, 0.05) is 10.9 Å². The van der Waals surface area contributed by atoms with Gasteiger partial charge in [0.1, 0.15) is 5.69 Å². The number of hydrazine groups is 1. The van der Waals surface area contributed by atoms with Crippen LogP contribution >= 0.6 is 11.3 Å². The Bertz CT molecular complexity index is 729. The largest absolute Gasteiger partial charge is 0.350 e. The van der Waals surface area contributed by atoms with Crippen molar-refractivity contribution in [3.63, 3.8) is 0 Å². The summed E-state index contributed by atoms with van der Waals surface area (Å²) in [6.07, 6.45) is 0. The maximum absolute atomic E-state index is 11.9. The van der Waals surface area contributed by atoms with Gasteiger partial charge >= 0.3 is 0 Å². The lowest BCUT2D eigenvalue weighted by Gasteiger charge is -2.04. The number of hydrogen-bond donors (Lipinski definition) is 3. The molecule has 3 rings (SSSR count). The van der Waals surface area contributed by atoms with Crippen LogP contribution in [0.2, 0.25) is 0 Å². The molecular weight excluding hydrogens is 274 g/mol. The Morgan fingerprint density at radius 1 is 1.00 bits per heavy atom. The number of carbonyl (C=O) groups is 2. The normalized spacial score (nSPS) is 10.4. The van der Waals surface area contributed by atoms with Crippen LogP contribution in [0.5, 0.6) is 0 Å². The quantitative estimate of drug-likeness (QED) is 0.632. The van der Waals surface area contributed by atoms with Crippen LogP contribution in [0.25, 0.3) is 10.9 Å². The Morgan fingerprint density at radius 3 is 2.55 bits per heavy atom. The fourth-order valence-corrected chi connectivity index (χ4v) is 2.46. The Morgan fingerprint density at radius 2 is 1.80 bits per heavy atom.